The Balaban J connectivity index is 2.36. The third-order valence-electron chi connectivity index (χ3n) is 2.36. The largest absolute Gasteiger partial charge is 0.478 e. The number of carboxylic acid groups (broad SMARTS) is 1. The molecule has 0 saturated carbocycles. The van der Waals surface area contributed by atoms with Crippen LogP contribution in [0.4, 0.5) is 4.39 Å². The molecule has 2 aromatic rings. The van der Waals surface area contributed by atoms with Crippen molar-refractivity contribution in [3.8, 4) is 0 Å². The van der Waals surface area contributed by atoms with Gasteiger partial charge in [0.25, 0.3) is 0 Å². The molecular weight excluding hydrogens is 227 g/mol. The van der Waals surface area contributed by atoms with Crippen molar-refractivity contribution in [3.05, 3.63) is 59.3 Å². The maximum Gasteiger partial charge on any atom is 0.339 e. The summed E-state index contributed by atoms with van der Waals surface area (Å²) in [6.07, 6.45) is -0.0392. The number of aliphatic hydroxyl groups is 1. The van der Waals surface area contributed by atoms with Crippen molar-refractivity contribution < 1.29 is 23.8 Å². The maximum absolute atomic E-state index is 12.7. The Morgan fingerprint density at radius 1 is 1.24 bits per heavy atom. The molecule has 0 bridgehead atoms. The highest BCUT2D eigenvalue weighted by Crippen LogP contribution is 2.26. The van der Waals surface area contributed by atoms with Gasteiger partial charge in [0, 0.05) is 0 Å². The van der Waals surface area contributed by atoms with E-state index < -0.39 is 17.9 Å². The molecule has 1 aromatic carbocycles. The average molecular weight is 236 g/mol. The topological polar surface area (TPSA) is 70.7 Å². The molecule has 2 rings (SSSR count). The van der Waals surface area contributed by atoms with E-state index in [4.69, 9.17) is 9.52 Å². The molecule has 1 unspecified atom stereocenters. The summed E-state index contributed by atoms with van der Waals surface area (Å²) >= 11 is 0. The molecule has 1 atom stereocenters. The number of benzene rings is 1. The zero-order chi connectivity index (χ0) is 12.4. The van der Waals surface area contributed by atoms with Crippen LogP contribution >= 0.6 is 0 Å². The van der Waals surface area contributed by atoms with Crippen LogP contribution in [0, 0.1) is 5.82 Å². The Kier molecular flexibility index (Phi) is 2.93. The van der Waals surface area contributed by atoms with Crippen molar-refractivity contribution in [1.29, 1.82) is 0 Å². The number of aliphatic hydroxyl groups excluding tert-OH is 1. The number of aromatic carboxylic acids is 1. The average Bonchev–Trinajstić information content (AvgIpc) is 2.78. The minimum atomic E-state index is -1.23. The van der Waals surface area contributed by atoms with Crippen molar-refractivity contribution >= 4 is 5.97 Å². The normalized spacial score (nSPS) is 12.4. The maximum atomic E-state index is 12.7. The van der Waals surface area contributed by atoms with Gasteiger partial charge < -0.3 is 14.6 Å². The van der Waals surface area contributed by atoms with E-state index in [1.165, 1.54) is 36.6 Å². The van der Waals surface area contributed by atoms with Gasteiger partial charge in [-0.2, -0.15) is 0 Å². The quantitative estimate of drug-likeness (QED) is 0.857. The second-order valence-electron chi connectivity index (χ2n) is 3.46. The summed E-state index contributed by atoms with van der Waals surface area (Å²) in [5, 5.41) is 18.8. The summed E-state index contributed by atoms with van der Waals surface area (Å²) in [4.78, 5) is 10.8. The van der Waals surface area contributed by atoms with E-state index in [9.17, 15) is 14.3 Å². The fourth-order valence-electron chi connectivity index (χ4n) is 1.51. The van der Waals surface area contributed by atoms with Crippen LogP contribution in [-0.2, 0) is 0 Å². The molecular formula is C12H9FO4. The molecule has 0 aliphatic rings. The highest BCUT2D eigenvalue weighted by Gasteiger charge is 2.22. The number of hydrogen-bond donors (Lipinski definition) is 2. The smallest absolute Gasteiger partial charge is 0.339 e. The van der Waals surface area contributed by atoms with Crippen molar-refractivity contribution in [1.82, 2.24) is 0 Å². The SMILES string of the molecule is O=C(O)c1ccoc1C(O)c1ccc(F)cc1. The lowest BCUT2D eigenvalue weighted by atomic mass is 10.0. The summed E-state index contributed by atoms with van der Waals surface area (Å²) < 4.78 is 17.6. The summed E-state index contributed by atoms with van der Waals surface area (Å²) in [6, 6.07) is 6.36. The molecule has 0 spiro atoms. The number of hydrogen-bond acceptors (Lipinski definition) is 3. The predicted molar refractivity (Wildman–Crippen MR) is 56.1 cm³/mol. The van der Waals surface area contributed by atoms with Crippen LogP contribution in [-0.4, -0.2) is 16.2 Å². The summed E-state index contributed by atoms with van der Waals surface area (Å²) in [7, 11) is 0. The van der Waals surface area contributed by atoms with E-state index in [0.29, 0.717) is 5.56 Å². The van der Waals surface area contributed by atoms with E-state index in [2.05, 4.69) is 0 Å². The summed E-state index contributed by atoms with van der Waals surface area (Å²) in [6.45, 7) is 0. The van der Waals surface area contributed by atoms with Crippen molar-refractivity contribution in [2.75, 3.05) is 0 Å². The first-order chi connectivity index (χ1) is 8.09. The molecule has 0 amide bonds. The highest BCUT2D eigenvalue weighted by molar-refractivity contribution is 5.88. The van der Waals surface area contributed by atoms with Gasteiger partial charge >= 0.3 is 5.97 Å². The summed E-state index contributed by atoms with van der Waals surface area (Å²) in [5.74, 6) is -1.68. The monoisotopic (exact) mass is 236 g/mol. The lowest BCUT2D eigenvalue weighted by molar-refractivity contribution is 0.0687. The molecule has 0 fully saturated rings. The van der Waals surface area contributed by atoms with Gasteiger partial charge in [0.05, 0.1) is 6.26 Å². The van der Waals surface area contributed by atoms with Crippen LogP contribution in [0.15, 0.2) is 41.0 Å². The van der Waals surface area contributed by atoms with Crippen molar-refractivity contribution in [2.24, 2.45) is 0 Å². The third kappa shape index (κ3) is 2.19. The molecule has 1 aromatic heterocycles. The van der Waals surface area contributed by atoms with Crippen molar-refractivity contribution in [3.63, 3.8) is 0 Å². The van der Waals surface area contributed by atoms with Gasteiger partial charge in [-0.1, -0.05) is 12.1 Å². The fraction of sp³-hybridized carbons (Fsp3) is 0.0833. The third-order valence-corrected chi connectivity index (χ3v) is 2.36. The van der Waals surface area contributed by atoms with Crippen LogP contribution in [0.25, 0.3) is 0 Å². The first-order valence-electron chi connectivity index (χ1n) is 4.84. The second-order valence-corrected chi connectivity index (χ2v) is 3.46. The van der Waals surface area contributed by atoms with Crippen LogP contribution in [0.3, 0.4) is 0 Å². The van der Waals surface area contributed by atoms with E-state index in [1.54, 1.807) is 0 Å². The van der Waals surface area contributed by atoms with E-state index in [1.807, 2.05) is 0 Å². The Bertz CT molecular complexity index is 530. The van der Waals surface area contributed by atoms with Crippen LogP contribution in [0.1, 0.15) is 27.8 Å². The minimum absolute atomic E-state index is 0.0656. The van der Waals surface area contributed by atoms with Crippen LogP contribution < -0.4 is 0 Å². The lowest BCUT2D eigenvalue weighted by Gasteiger charge is -2.09. The molecule has 17 heavy (non-hydrogen) atoms. The predicted octanol–water partition coefficient (Wildman–Crippen LogP) is 2.20. The number of carbonyl (C=O) groups is 1. The Labute approximate surface area is 95.9 Å². The van der Waals surface area contributed by atoms with Gasteiger partial charge in [0.1, 0.15) is 17.5 Å². The second kappa shape index (κ2) is 4.39. The molecule has 4 nitrogen and oxygen atoms in total. The summed E-state index contributed by atoms with van der Waals surface area (Å²) in [5.41, 5.74) is 0.255. The van der Waals surface area contributed by atoms with Gasteiger partial charge in [0.2, 0.25) is 0 Å². The molecule has 0 aliphatic carbocycles. The van der Waals surface area contributed by atoms with Gasteiger partial charge in [-0.25, -0.2) is 9.18 Å². The standard InChI is InChI=1S/C12H9FO4/c13-8-3-1-7(2-4-8)10(14)11-9(12(15)16)5-6-17-11/h1-6,10,14H,(H,15,16). The van der Waals surface area contributed by atoms with Gasteiger partial charge in [-0.15, -0.1) is 0 Å². The first kappa shape index (κ1) is 11.3. The fourth-order valence-corrected chi connectivity index (χ4v) is 1.51. The van der Waals surface area contributed by atoms with Gasteiger partial charge in [-0.05, 0) is 23.8 Å². The van der Waals surface area contributed by atoms with Gasteiger partial charge in [0.15, 0.2) is 5.76 Å². The number of halogens is 1. The molecule has 0 saturated heterocycles. The zero-order valence-electron chi connectivity index (χ0n) is 8.63. The first-order valence-corrected chi connectivity index (χ1v) is 4.84. The number of furan rings is 1. The van der Waals surface area contributed by atoms with Crippen LogP contribution in [0.2, 0.25) is 0 Å². The van der Waals surface area contributed by atoms with E-state index in [0.717, 1.165) is 0 Å². The molecule has 1 heterocycles. The van der Waals surface area contributed by atoms with E-state index >= 15 is 0 Å². The Hall–Kier alpha value is -2.14. The Morgan fingerprint density at radius 3 is 2.47 bits per heavy atom. The van der Waals surface area contributed by atoms with Crippen molar-refractivity contribution in [2.45, 2.75) is 6.10 Å². The number of carboxylic acids is 1. The molecule has 2 N–H and O–H groups in total. The minimum Gasteiger partial charge on any atom is -0.478 e. The molecule has 0 aliphatic heterocycles. The number of rotatable bonds is 3. The molecule has 88 valence electrons. The molecule has 0 radical (unpaired) electrons. The van der Waals surface area contributed by atoms with Gasteiger partial charge in [-0.3, -0.25) is 0 Å². The molecule has 5 heteroatoms. The van der Waals surface area contributed by atoms with E-state index in [-0.39, 0.29) is 11.3 Å². The zero-order valence-corrected chi connectivity index (χ0v) is 8.63. The Morgan fingerprint density at radius 2 is 1.88 bits per heavy atom. The highest BCUT2D eigenvalue weighted by atomic mass is 19.1. The lowest BCUT2D eigenvalue weighted by Crippen LogP contribution is -2.05. The van der Waals surface area contributed by atoms with Crippen LogP contribution in [0.5, 0.6) is 0 Å².